The summed E-state index contributed by atoms with van der Waals surface area (Å²) in [6.45, 7) is 0. The van der Waals surface area contributed by atoms with E-state index in [4.69, 9.17) is 41.2 Å². The number of rotatable bonds is 3. The quantitative estimate of drug-likeness (QED) is 0.742. The minimum Gasteiger partial charge on any atom is -0.366 e. The van der Waals surface area contributed by atoms with Gasteiger partial charge in [-0.05, 0) is 54.7 Å². The van der Waals surface area contributed by atoms with E-state index in [1.54, 1.807) is 42.5 Å². The van der Waals surface area contributed by atoms with Gasteiger partial charge in [0.2, 0.25) is 5.91 Å². The van der Waals surface area contributed by atoms with Gasteiger partial charge in [-0.3, -0.25) is 4.79 Å². The number of anilines is 2. The van der Waals surface area contributed by atoms with Crippen LogP contribution in [-0.2, 0) is 0 Å². The third kappa shape index (κ3) is 4.32. The van der Waals surface area contributed by atoms with Crippen LogP contribution < -0.4 is 16.4 Å². The van der Waals surface area contributed by atoms with Crippen molar-refractivity contribution in [2.24, 2.45) is 5.73 Å². The number of carbonyl (C=O) groups is 1. The van der Waals surface area contributed by atoms with Crippen LogP contribution in [-0.4, -0.2) is 11.0 Å². The lowest BCUT2D eigenvalue weighted by Gasteiger charge is -2.12. The summed E-state index contributed by atoms with van der Waals surface area (Å²) in [4.78, 5) is 11.0. The highest BCUT2D eigenvalue weighted by atomic mass is 35.5. The van der Waals surface area contributed by atoms with Crippen molar-refractivity contribution in [3.63, 3.8) is 0 Å². The normalized spacial score (nSPS) is 10.0. The fraction of sp³-hybridized carbons (Fsp3) is 0. The monoisotopic (exact) mass is 339 g/mol. The first-order valence-electron chi connectivity index (χ1n) is 5.88. The number of nitrogens with two attached hydrogens (primary N) is 1. The Morgan fingerprint density at radius 1 is 1.05 bits per heavy atom. The van der Waals surface area contributed by atoms with Gasteiger partial charge in [0.25, 0.3) is 0 Å². The molecule has 0 aliphatic carbocycles. The van der Waals surface area contributed by atoms with Crippen molar-refractivity contribution in [3.05, 3.63) is 58.1 Å². The van der Waals surface area contributed by atoms with Crippen LogP contribution in [0.2, 0.25) is 10.0 Å². The molecule has 0 spiro atoms. The third-order valence-corrected chi connectivity index (χ3v) is 3.37. The lowest BCUT2D eigenvalue weighted by molar-refractivity contribution is 0.100. The zero-order chi connectivity index (χ0) is 15.4. The molecule has 4 N–H and O–H groups in total. The van der Waals surface area contributed by atoms with Crippen molar-refractivity contribution < 1.29 is 4.79 Å². The maximum Gasteiger partial charge on any atom is 0.248 e. The molecule has 4 nitrogen and oxygen atoms in total. The molecular formula is C14H11Cl2N3OS. The van der Waals surface area contributed by atoms with Crippen LogP contribution in [0.4, 0.5) is 11.4 Å². The first kappa shape index (κ1) is 15.6. The van der Waals surface area contributed by atoms with E-state index < -0.39 is 5.91 Å². The van der Waals surface area contributed by atoms with Gasteiger partial charge in [-0.25, -0.2) is 0 Å². The van der Waals surface area contributed by atoms with Gasteiger partial charge in [-0.2, -0.15) is 0 Å². The van der Waals surface area contributed by atoms with Crippen LogP contribution in [0, 0.1) is 0 Å². The zero-order valence-corrected chi connectivity index (χ0v) is 13.0. The van der Waals surface area contributed by atoms with E-state index in [-0.39, 0.29) is 0 Å². The predicted octanol–water partition coefficient (Wildman–Crippen LogP) is 3.90. The fourth-order valence-electron chi connectivity index (χ4n) is 1.60. The van der Waals surface area contributed by atoms with Gasteiger partial charge in [0.15, 0.2) is 5.11 Å². The summed E-state index contributed by atoms with van der Waals surface area (Å²) in [5.74, 6) is -0.479. The molecule has 108 valence electrons. The number of amides is 1. The summed E-state index contributed by atoms with van der Waals surface area (Å²) in [6, 6.07) is 11.7. The molecule has 0 heterocycles. The minimum absolute atomic E-state index is 0.353. The molecule has 0 radical (unpaired) electrons. The van der Waals surface area contributed by atoms with Crippen LogP contribution in [0.1, 0.15) is 10.4 Å². The standard InChI is InChI=1S/C14H11Cl2N3OS/c15-9-3-6-11(16)12(7-9)19-14(21)18-10-4-1-8(2-5-10)13(17)20/h1-7H,(H2,17,20)(H2,18,19,21). The predicted molar refractivity (Wildman–Crippen MR) is 91.3 cm³/mol. The number of thiocarbonyl (C=S) groups is 1. The van der Waals surface area contributed by atoms with Gasteiger partial charge in [0.05, 0.1) is 10.7 Å². The maximum atomic E-state index is 11.0. The molecule has 0 atom stereocenters. The first-order chi connectivity index (χ1) is 9.95. The average Bonchev–Trinajstić information content (AvgIpc) is 2.43. The third-order valence-electron chi connectivity index (χ3n) is 2.60. The number of carbonyl (C=O) groups excluding carboxylic acids is 1. The van der Waals surface area contributed by atoms with E-state index in [1.807, 2.05) is 0 Å². The second-order valence-electron chi connectivity index (χ2n) is 4.14. The molecule has 0 aromatic heterocycles. The molecule has 0 fully saturated rings. The zero-order valence-electron chi connectivity index (χ0n) is 10.7. The molecule has 0 bridgehead atoms. The summed E-state index contributed by atoms with van der Waals surface area (Å²) >= 11 is 17.1. The lowest BCUT2D eigenvalue weighted by atomic mass is 10.2. The van der Waals surface area contributed by atoms with E-state index in [2.05, 4.69) is 10.6 Å². The first-order valence-corrected chi connectivity index (χ1v) is 7.05. The molecule has 2 aromatic carbocycles. The van der Waals surface area contributed by atoms with Crippen LogP contribution in [0.5, 0.6) is 0 Å². The van der Waals surface area contributed by atoms with Crippen LogP contribution in [0.3, 0.4) is 0 Å². The second-order valence-corrected chi connectivity index (χ2v) is 5.40. The smallest absolute Gasteiger partial charge is 0.248 e. The highest BCUT2D eigenvalue weighted by molar-refractivity contribution is 7.80. The van der Waals surface area contributed by atoms with E-state index in [0.717, 1.165) is 5.69 Å². The highest BCUT2D eigenvalue weighted by Gasteiger charge is 2.05. The molecule has 0 saturated heterocycles. The molecule has 0 aliphatic rings. The van der Waals surface area contributed by atoms with Gasteiger partial charge >= 0.3 is 0 Å². The summed E-state index contributed by atoms with van der Waals surface area (Å²) in [5, 5.41) is 7.33. The van der Waals surface area contributed by atoms with E-state index in [1.165, 1.54) is 0 Å². The van der Waals surface area contributed by atoms with Crippen molar-refractivity contribution in [1.29, 1.82) is 0 Å². The number of primary amides is 1. The maximum absolute atomic E-state index is 11.0. The highest BCUT2D eigenvalue weighted by Crippen LogP contribution is 2.25. The Morgan fingerprint density at radius 3 is 2.33 bits per heavy atom. The molecule has 0 aliphatic heterocycles. The summed E-state index contributed by atoms with van der Waals surface area (Å²) in [7, 11) is 0. The lowest BCUT2D eigenvalue weighted by Crippen LogP contribution is -2.19. The average molecular weight is 340 g/mol. The Kier molecular flexibility index (Phi) is 5.01. The molecule has 0 unspecified atom stereocenters. The SMILES string of the molecule is NC(=O)c1ccc(NC(=S)Nc2cc(Cl)ccc2Cl)cc1. The molecular weight excluding hydrogens is 329 g/mol. The van der Waals surface area contributed by atoms with Gasteiger partial charge in [0, 0.05) is 16.3 Å². The van der Waals surface area contributed by atoms with Crippen LogP contribution in [0.15, 0.2) is 42.5 Å². The molecule has 2 aromatic rings. The Balaban J connectivity index is 2.04. The van der Waals surface area contributed by atoms with Crippen molar-refractivity contribution in [2.45, 2.75) is 0 Å². The van der Waals surface area contributed by atoms with Crippen LogP contribution in [0.25, 0.3) is 0 Å². The van der Waals surface area contributed by atoms with Crippen molar-refractivity contribution in [3.8, 4) is 0 Å². The number of benzene rings is 2. The second kappa shape index (κ2) is 6.76. The molecule has 0 saturated carbocycles. The summed E-state index contributed by atoms with van der Waals surface area (Å²) < 4.78 is 0. The molecule has 7 heteroatoms. The van der Waals surface area contributed by atoms with Gasteiger partial charge in [-0.15, -0.1) is 0 Å². The number of nitrogens with one attached hydrogen (secondary N) is 2. The van der Waals surface area contributed by atoms with Gasteiger partial charge in [0.1, 0.15) is 0 Å². The topological polar surface area (TPSA) is 67.2 Å². The Morgan fingerprint density at radius 2 is 1.71 bits per heavy atom. The van der Waals surface area contributed by atoms with Gasteiger partial charge < -0.3 is 16.4 Å². The van der Waals surface area contributed by atoms with E-state index in [9.17, 15) is 4.79 Å². The van der Waals surface area contributed by atoms with Crippen molar-refractivity contribution in [2.75, 3.05) is 10.6 Å². The summed E-state index contributed by atoms with van der Waals surface area (Å²) in [6.07, 6.45) is 0. The van der Waals surface area contributed by atoms with Crippen LogP contribution >= 0.6 is 35.4 Å². The minimum atomic E-state index is -0.479. The van der Waals surface area contributed by atoms with Gasteiger partial charge in [-0.1, -0.05) is 23.2 Å². The fourth-order valence-corrected chi connectivity index (χ4v) is 2.16. The van der Waals surface area contributed by atoms with E-state index >= 15 is 0 Å². The van der Waals surface area contributed by atoms with Crippen molar-refractivity contribution in [1.82, 2.24) is 0 Å². The molecule has 2 rings (SSSR count). The summed E-state index contributed by atoms with van der Waals surface area (Å²) in [5.41, 5.74) is 6.93. The Labute approximate surface area is 137 Å². The number of hydrogen-bond acceptors (Lipinski definition) is 2. The number of hydrogen-bond donors (Lipinski definition) is 3. The Bertz CT molecular complexity index is 689. The number of halogens is 2. The molecule has 1 amide bonds. The van der Waals surface area contributed by atoms with E-state index in [0.29, 0.717) is 26.4 Å². The largest absolute Gasteiger partial charge is 0.366 e. The Hall–Kier alpha value is -1.82. The molecule has 21 heavy (non-hydrogen) atoms. The van der Waals surface area contributed by atoms with Crippen molar-refractivity contribution >= 4 is 57.8 Å².